The minimum absolute atomic E-state index is 0.514. The Bertz CT molecular complexity index is 771. The van der Waals surface area contributed by atoms with E-state index >= 15 is 0 Å². The maximum atomic E-state index is 11.6. The van der Waals surface area contributed by atoms with E-state index in [1.54, 1.807) is 19.1 Å². The van der Waals surface area contributed by atoms with Crippen LogP contribution in [0, 0.1) is 13.8 Å². The van der Waals surface area contributed by atoms with Crippen molar-refractivity contribution in [1.82, 2.24) is 9.78 Å². The number of carbonyl (C=O) groups is 1. The minimum Gasteiger partial charge on any atom is -0.476 e. The lowest BCUT2D eigenvalue weighted by Gasteiger charge is -2.13. The molecule has 104 valence electrons. The van der Waals surface area contributed by atoms with Gasteiger partial charge in [-0.3, -0.25) is 4.79 Å². The highest BCUT2D eigenvalue weighted by molar-refractivity contribution is 9.10. The zero-order valence-corrected chi connectivity index (χ0v) is 13.0. The van der Waals surface area contributed by atoms with E-state index in [0.29, 0.717) is 20.9 Å². The van der Waals surface area contributed by atoms with Crippen LogP contribution in [0.3, 0.4) is 0 Å². The van der Waals surface area contributed by atoms with E-state index in [2.05, 4.69) is 21.0 Å². The zero-order chi connectivity index (χ0) is 15.0. The topological polar surface area (TPSA) is 72.2 Å². The van der Waals surface area contributed by atoms with Crippen molar-refractivity contribution in [3.8, 4) is 5.69 Å². The van der Waals surface area contributed by atoms with E-state index in [1.807, 2.05) is 6.92 Å². The normalized spacial score (nSPS) is 10.6. The molecule has 0 saturated heterocycles. The number of nitrogens with zero attached hydrogens (tertiary/aromatic N) is 2. The number of hydrogen-bond donors (Lipinski definition) is 1. The van der Waals surface area contributed by atoms with Gasteiger partial charge in [0.15, 0.2) is 0 Å². The van der Waals surface area contributed by atoms with E-state index in [9.17, 15) is 9.59 Å². The van der Waals surface area contributed by atoms with Gasteiger partial charge in [0.05, 0.1) is 5.69 Å². The van der Waals surface area contributed by atoms with Crippen molar-refractivity contribution in [3.05, 3.63) is 54.9 Å². The van der Waals surface area contributed by atoms with Crippen LogP contribution in [0.1, 0.15) is 21.7 Å². The van der Waals surface area contributed by atoms with Crippen molar-refractivity contribution >= 4 is 33.5 Å². The molecule has 7 heteroatoms. The number of halogens is 2. The van der Waals surface area contributed by atoms with Crippen LogP contribution in [0.5, 0.6) is 0 Å². The summed E-state index contributed by atoms with van der Waals surface area (Å²) in [6, 6.07) is 4.70. The van der Waals surface area contributed by atoms with Gasteiger partial charge >= 0.3 is 5.97 Å². The van der Waals surface area contributed by atoms with Crippen LogP contribution < -0.4 is 5.43 Å². The monoisotopic (exact) mass is 356 g/mol. The molecule has 0 fully saturated rings. The number of benzene rings is 1. The molecule has 0 aliphatic heterocycles. The first-order chi connectivity index (χ1) is 9.31. The van der Waals surface area contributed by atoms with Crippen LogP contribution in [0.4, 0.5) is 0 Å². The fraction of sp³-hybridized carbons (Fsp3) is 0.154. The van der Waals surface area contributed by atoms with E-state index in [1.165, 1.54) is 10.7 Å². The third-order valence-electron chi connectivity index (χ3n) is 2.77. The largest absolute Gasteiger partial charge is 0.476 e. The van der Waals surface area contributed by atoms with Gasteiger partial charge in [-0.05, 0) is 47.5 Å². The molecule has 5 nitrogen and oxygen atoms in total. The zero-order valence-electron chi connectivity index (χ0n) is 10.6. The number of aromatic carboxylic acids is 1. The fourth-order valence-electron chi connectivity index (χ4n) is 1.74. The molecule has 0 saturated carbocycles. The van der Waals surface area contributed by atoms with Crippen molar-refractivity contribution in [1.29, 1.82) is 0 Å². The molecule has 1 aromatic heterocycles. The highest BCUT2D eigenvalue weighted by Gasteiger charge is 2.15. The number of aromatic nitrogens is 2. The first-order valence-corrected chi connectivity index (χ1v) is 6.78. The molecule has 2 rings (SSSR count). The van der Waals surface area contributed by atoms with E-state index in [0.717, 1.165) is 5.56 Å². The summed E-state index contributed by atoms with van der Waals surface area (Å²) in [5, 5.41) is 13.4. The van der Waals surface area contributed by atoms with Crippen LogP contribution in [-0.4, -0.2) is 20.9 Å². The molecule has 0 aliphatic rings. The molecule has 0 amide bonds. The molecule has 1 heterocycles. The van der Waals surface area contributed by atoms with Gasteiger partial charge in [-0.25, -0.2) is 9.48 Å². The third-order valence-corrected chi connectivity index (χ3v) is 3.81. The molecular weight excluding hydrogens is 348 g/mol. The molecule has 1 aromatic carbocycles. The van der Waals surface area contributed by atoms with E-state index in [-0.39, 0.29) is 0 Å². The Morgan fingerprint density at radius 3 is 2.60 bits per heavy atom. The Kier molecular flexibility index (Phi) is 3.96. The average Bonchev–Trinajstić information content (AvgIpc) is 2.34. The molecule has 0 unspecified atom stereocenters. The van der Waals surface area contributed by atoms with Gasteiger partial charge in [-0.2, -0.15) is 5.10 Å². The van der Waals surface area contributed by atoms with Gasteiger partial charge in [0.2, 0.25) is 11.1 Å². The first-order valence-electron chi connectivity index (χ1n) is 5.61. The first kappa shape index (κ1) is 14.7. The summed E-state index contributed by atoms with van der Waals surface area (Å²) in [5.74, 6) is -1.36. The smallest absolute Gasteiger partial charge is 0.360 e. The SMILES string of the molecule is Cc1cc(Br)c(-n2nc(C(=O)O)c(=O)cc2C)cc1Cl. The third kappa shape index (κ3) is 2.62. The standard InChI is InChI=1S/C13H10BrClN2O3/c1-6-3-8(14)10(5-9(6)15)17-7(2)4-11(18)12(16-17)13(19)20/h3-5H,1-2H3,(H,19,20). The predicted molar refractivity (Wildman–Crippen MR) is 79.0 cm³/mol. The Labute approximate surface area is 127 Å². The second kappa shape index (κ2) is 5.38. The summed E-state index contributed by atoms with van der Waals surface area (Å²) in [4.78, 5) is 22.6. The number of hydrogen-bond acceptors (Lipinski definition) is 3. The lowest BCUT2D eigenvalue weighted by molar-refractivity contribution is 0.0686. The van der Waals surface area contributed by atoms with Crippen LogP contribution in [-0.2, 0) is 0 Å². The molecule has 2 aromatic rings. The molecular formula is C13H10BrClN2O3. The van der Waals surface area contributed by atoms with Crippen molar-refractivity contribution in [3.63, 3.8) is 0 Å². The van der Waals surface area contributed by atoms with Gasteiger partial charge in [0, 0.05) is 21.3 Å². The van der Waals surface area contributed by atoms with Crippen molar-refractivity contribution < 1.29 is 9.90 Å². The minimum atomic E-state index is -1.36. The van der Waals surface area contributed by atoms with Crippen molar-refractivity contribution in [2.24, 2.45) is 0 Å². The Hall–Kier alpha value is -1.66. The Balaban J connectivity index is 2.76. The van der Waals surface area contributed by atoms with Gasteiger partial charge < -0.3 is 5.11 Å². The van der Waals surface area contributed by atoms with Gasteiger partial charge in [-0.15, -0.1) is 0 Å². The predicted octanol–water partition coefficient (Wildman–Crippen LogP) is 2.96. The highest BCUT2D eigenvalue weighted by Crippen LogP contribution is 2.28. The van der Waals surface area contributed by atoms with Crippen molar-refractivity contribution in [2.45, 2.75) is 13.8 Å². The average molecular weight is 358 g/mol. The lowest BCUT2D eigenvalue weighted by atomic mass is 10.2. The number of carboxylic acids is 1. The molecule has 0 radical (unpaired) electrons. The summed E-state index contributed by atoms with van der Waals surface area (Å²) in [7, 11) is 0. The summed E-state index contributed by atoms with van der Waals surface area (Å²) >= 11 is 9.47. The fourth-order valence-corrected chi connectivity index (χ4v) is 2.52. The lowest BCUT2D eigenvalue weighted by Crippen LogP contribution is -2.22. The summed E-state index contributed by atoms with van der Waals surface area (Å²) in [6.45, 7) is 3.52. The molecule has 0 aliphatic carbocycles. The molecule has 0 spiro atoms. The number of carboxylic acid groups (broad SMARTS) is 1. The van der Waals surface area contributed by atoms with Gasteiger partial charge in [0.1, 0.15) is 0 Å². The van der Waals surface area contributed by atoms with Crippen LogP contribution in [0.15, 0.2) is 27.5 Å². The summed E-state index contributed by atoms with van der Waals surface area (Å²) < 4.78 is 2.08. The number of aryl methyl sites for hydroxylation is 2. The van der Waals surface area contributed by atoms with Gasteiger partial charge in [-0.1, -0.05) is 11.6 Å². The molecule has 0 atom stereocenters. The molecule has 1 N–H and O–H groups in total. The van der Waals surface area contributed by atoms with E-state index in [4.69, 9.17) is 16.7 Å². The summed E-state index contributed by atoms with van der Waals surface area (Å²) in [6.07, 6.45) is 0. The number of rotatable bonds is 2. The Morgan fingerprint density at radius 2 is 2.00 bits per heavy atom. The quantitative estimate of drug-likeness (QED) is 0.897. The van der Waals surface area contributed by atoms with Gasteiger partial charge in [0.25, 0.3) is 0 Å². The summed E-state index contributed by atoms with van der Waals surface area (Å²) in [5.41, 5.74) is 0.806. The van der Waals surface area contributed by atoms with Crippen LogP contribution in [0.25, 0.3) is 5.69 Å². The maximum absolute atomic E-state index is 11.6. The second-order valence-electron chi connectivity index (χ2n) is 4.27. The highest BCUT2D eigenvalue weighted by atomic mass is 79.9. The van der Waals surface area contributed by atoms with Crippen molar-refractivity contribution in [2.75, 3.05) is 0 Å². The molecule has 20 heavy (non-hydrogen) atoms. The second-order valence-corrected chi connectivity index (χ2v) is 5.53. The maximum Gasteiger partial charge on any atom is 0.360 e. The van der Waals surface area contributed by atoms with Crippen LogP contribution in [0.2, 0.25) is 5.02 Å². The molecule has 0 bridgehead atoms. The Morgan fingerprint density at radius 1 is 1.35 bits per heavy atom. The van der Waals surface area contributed by atoms with E-state index < -0.39 is 17.1 Å². The van der Waals surface area contributed by atoms with Crippen LogP contribution >= 0.6 is 27.5 Å².